The SMILES string of the molecule is Fc1ccc(-n2cnnc2C2CCCN2)cc1F. The molecule has 0 amide bonds. The Kier molecular flexibility index (Phi) is 2.79. The lowest BCUT2D eigenvalue weighted by atomic mass is 10.2. The third kappa shape index (κ3) is 1.88. The third-order valence-electron chi connectivity index (χ3n) is 3.13. The highest BCUT2D eigenvalue weighted by Crippen LogP contribution is 2.23. The molecule has 2 aromatic rings. The summed E-state index contributed by atoms with van der Waals surface area (Å²) in [7, 11) is 0. The van der Waals surface area contributed by atoms with Crippen LogP contribution < -0.4 is 5.32 Å². The maximum Gasteiger partial charge on any atom is 0.160 e. The van der Waals surface area contributed by atoms with Crippen molar-refractivity contribution >= 4 is 0 Å². The zero-order chi connectivity index (χ0) is 12.5. The van der Waals surface area contributed by atoms with Crippen LogP contribution in [0.2, 0.25) is 0 Å². The molecule has 0 bridgehead atoms. The van der Waals surface area contributed by atoms with Crippen molar-refractivity contribution in [2.75, 3.05) is 6.54 Å². The topological polar surface area (TPSA) is 42.7 Å². The first-order chi connectivity index (χ1) is 8.75. The van der Waals surface area contributed by atoms with E-state index in [-0.39, 0.29) is 6.04 Å². The molecule has 1 saturated heterocycles. The van der Waals surface area contributed by atoms with Crippen LogP contribution in [0.4, 0.5) is 8.78 Å². The summed E-state index contributed by atoms with van der Waals surface area (Å²) in [5.41, 5.74) is 0.530. The zero-order valence-electron chi connectivity index (χ0n) is 9.61. The van der Waals surface area contributed by atoms with E-state index in [0.29, 0.717) is 5.69 Å². The summed E-state index contributed by atoms with van der Waals surface area (Å²) < 4.78 is 27.8. The fraction of sp³-hybridized carbons (Fsp3) is 0.333. The van der Waals surface area contributed by atoms with Gasteiger partial charge >= 0.3 is 0 Å². The molecular formula is C12H12F2N4. The molecule has 1 aliphatic heterocycles. The van der Waals surface area contributed by atoms with Crippen LogP contribution in [0.5, 0.6) is 0 Å². The van der Waals surface area contributed by atoms with Gasteiger partial charge in [0.2, 0.25) is 0 Å². The van der Waals surface area contributed by atoms with Gasteiger partial charge < -0.3 is 5.32 Å². The lowest BCUT2D eigenvalue weighted by Crippen LogP contribution is -2.17. The standard InChI is InChI=1S/C12H12F2N4/c13-9-4-3-8(6-10(9)14)18-7-16-17-12(18)11-2-1-5-15-11/h3-4,6-7,11,15H,1-2,5H2. The van der Waals surface area contributed by atoms with E-state index in [1.165, 1.54) is 12.4 Å². The first-order valence-corrected chi connectivity index (χ1v) is 5.84. The van der Waals surface area contributed by atoms with E-state index in [1.54, 1.807) is 4.57 Å². The number of hydrogen-bond acceptors (Lipinski definition) is 3. The van der Waals surface area contributed by atoms with Gasteiger partial charge in [0.05, 0.1) is 11.7 Å². The van der Waals surface area contributed by atoms with E-state index in [2.05, 4.69) is 15.5 Å². The molecule has 1 aromatic carbocycles. The molecule has 0 spiro atoms. The van der Waals surface area contributed by atoms with Crippen LogP contribution in [-0.4, -0.2) is 21.3 Å². The van der Waals surface area contributed by atoms with Crippen molar-refractivity contribution in [3.63, 3.8) is 0 Å². The van der Waals surface area contributed by atoms with E-state index >= 15 is 0 Å². The lowest BCUT2D eigenvalue weighted by molar-refractivity contribution is 0.507. The maximum atomic E-state index is 13.2. The third-order valence-corrected chi connectivity index (χ3v) is 3.13. The monoisotopic (exact) mass is 250 g/mol. The van der Waals surface area contributed by atoms with Crippen molar-refractivity contribution in [2.24, 2.45) is 0 Å². The summed E-state index contributed by atoms with van der Waals surface area (Å²) in [6, 6.07) is 3.90. The average Bonchev–Trinajstić information content (AvgIpc) is 3.00. The molecule has 1 aliphatic rings. The van der Waals surface area contributed by atoms with Gasteiger partial charge in [-0.05, 0) is 31.5 Å². The number of halogens is 2. The number of aromatic nitrogens is 3. The second kappa shape index (κ2) is 4.45. The predicted octanol–water partition coefficient (Wildman–Crippen LogP) is 1.97. The van der Waals surface area contributed by atoms with Crippen molar-refractivity contribution in [3.8, 4) is 5.69 Å². The first kappa shape index (κ1) is 11.3. The quantitative estimate of drug-likeness (QED) is 0.886. The van der Waals surface area contributed by atoms with Crippen LogP contribution in [0.15, 0.2) is 24.5 Å². The predicted molar refractivity (Wildman–Crippen MR) is 61.3 cm³/mol. The van der Waals surface area contributed by atoms with Crippen molar-refractivity contribution in [1.29, 1.82) is 0 Å². The van der Waals surface area contributed by atoms with E-state index < -0.39 is 11.6 Å². The van der Waals surface area contributed by atoms with Gasteiger partial charge in [0, 0.05) is 6.07 Å². The molecule has 0 radical (unpaired) electrons. The van der Waals surface area contributed by atoms with Crippen molar-refractivity contribution in [2.45, 2.75) is 18.9 Å². The Balaban J connectivity index is 2.00. The Morgan fingerprint density at radius 2 is 2.17 bits per heavy atom. The van der Waals surface area contributed by atoms with Gasteiger partial charge in [-0.2, -0.15) is 0 Å². The van der Waals surface area contributed by atoms with E-state index in [0.717, 1.165) is 37.3 Å². The summed E-state index contributed by atoms with van der Waals surface area (Å²) in [4.78, 5) is 0. The molecule has 18 heavy (non-hydrogen) atoms. The van der Waals surface area contributed by atoms with Gasteiger partial charge in [-0.1, -0.05) is 0 Å². The highest BCUT2D eigenvalue weighted by molar-refractivity contribution is 5.34. The van der Waals surface area contributed by atoms with Crippen LogP contribution in [0.1, 0.15) is 24.7 Å². The molecular weight excluding hydrogens is 238 g/mol. The van der Waals surface area contributed by atoms with Gasteiger partial charge in [-0.25, -0.2) is 8.78 Å². The van der Waals surface area contributed by atoms with Gasteiger partial charge in [-0.3, -0.25) is 4.57 Å². The highest BCUT2D eigenvalue weighted by Gasteiger charge is 2.22. The Hall–Kier alpha value is -1.82. The molecule has 1 N–H and O–H groups in total. The van der Waals surface area contributed by atoms with Gasteiger partial charge in [-0.15, -0.1) is 10.2 Å². The summed E-state index contributed by atoms with van der Waals surface area (Å²) >= 11 is 0. The molecule has 0 saturated carbocycles. The van der Waals surface area contributed by atoms with Gasteiger partial charge in [0.15, 0.2) is 17.5 Å². The Bertz CT molecular complexity index is 561. The first-order valence-electron chi connectivity index (χ1n) is 5.84. The van der Waals surface area contributed by atoms with E-state index in [4.69, 9.17) is 0 Å². The molecule has 4 nitrogen and oxygen atoms in total. The van der Waals surface area contributed by atoms with Gasteiger partial charge in [0.1, 0.15) is 6.33 Å². The van der Waals surface area contributed by atoms with Crippen molar-refractivity contribution < 1.29 is 8.78 Å². The van der Waals surface area contributed by atoms with Crippen molar-refractivity contribution in [3.05, 3.63) is 42.0 Å². The fourth-order valence-electron chi connectivity index (χ4n) is 2.22. The minimum atomic E-state index is -0.869. The van der Waals surface area contributed by atoms with Crippen LogP contribution in [0.3, 0.4) is 0 Å². The van der Waals surface area contributed by atoms with Crippen LogP contribution in [-0.2, 0) is 0 Å². The van der Waals surface area contributed by atoms with Crippen molar-refractivity contribution in [1.82, 2.24) is 20.1 Å². The minimum absolute atomic E-state index is 0.126. The Morgan fingerprint density at radius 1 is 1.28 bits per heavy atom. The van der Waals surface area contributed by atoms with Crippen LogP contribution in [0.25, 0.3) is 5.69 Å². The molecule has 3 rings (SSSR count). The largest absolute Gasteiger partial charge is 0.307 e. The normalized spacial score (nSPS) is 19.3. The van der Waals surface area contributed by atoms with Crippen LogP contribution >= 0.6 is 0 Å². The molecule has 2 heterocycles. The average molecular weight is 250 g/mol. The smallest absolute Gasteiger partial charge is 0.160 e. The van der Waals surface area contributed by atoms with Crippen LogP contribution in [0, 0.1) is 11.6 Å². The summed E-state index contributed by atoms with van der Waals surface area (Å²) in [6.07, 6.45) is 3.57. The minimum Gasteiger partial charge on any atom is -0.307 e. The molecule has 1 unspecified atom stereocenters. The second-order valence-corrected chi connectivity index (χ2v) is 4.31. The molecule has 6 heteroatoms. The molecule has 94 valence electrons. The summed E-state index contributed by atoms with van der Waals surface area (Å²) in [5, 5.41) is 11.2. The number of rotatable bonds is 2. The number of benzene rings is 1. The molecule has 0 aliphatic carbocycles. The maximum absolute atomic E-state index is 13.2. The molecule has 1 aromatic heterocycles. The number of nitrogens with zero attached hydrogens (tertiary/aromatic N) is 3. The highest BCUT2D eigenvalue weighted by atomic mass is 19.2. The van der Waals surface area contributed by atoms with E-state index in [9.17, 15) is 8.78 Å². The zero-order valence-corrected chi connectivity index (χ0v) is 9.61. The number of nitrogens with one attached hydrogen (secondary N) is 1. The summed E-state index contributed by atoms with van der Waals surface area (Å²) in [6.45, 7) is 0.940. The number of hydrogen-bond donors (Lipinski definition) is 1. The fourth-order valence-corrected chi connectivity index (χ4v) is 2.22. The Morgan fingerprint density at radius 3 is 2.89 bits per heavy atom. The Labute approximate surface area is 103 Å². The molecule has 1 atom stereocenters. The van der Waals surface area contributed by atoms with Gasteiger partial charge in [0.25, 0.3) is 0 Å². The molecule has 1 fully saturated rings. The second-order valence-electron chi connectivity index (χ2n) is 4.31. The van der Waals surface area contributed by atoms with E-state index in [1.807, 2.05) is 0 Å². The summed E-state index contributed by atoms with van der Waals surface area (Å²) in [5.74, 6) is -0.989. The lowest BCUT2D eigenvalue weighted by Gasteiger charge is -2.12.